The fraction of sp³-hybridized carbons (Fsp3) is 0.167. The van der Waals surface area contributed by atoms with Gasteiger partial charge in [0, 0.05) is 6.07 Å². The second-order valence-electron chi connectivity index (χ2n) is 2.84. The van der Waals surface area contributed by atoms with Gasteiger partial charge in [-0.2, -0.15) is 8.42 Å². The fourth-order valence-corrected chi connectivity index (χ4v) is 2.68. The molecule has 16 heavy (non-hydrogen) atoms. The van der Waals surface area contributed by atoms with E-state index in [1.165, 1.54) is 6.07 Å². The third-order valence-electron chi connectivity index (χ3n) is 1.51. The van der Waals surface area contributed by atoms with Crippen LogP contribution in [0.5, 0.6) is 0 Å². The molecule has 2 rings (SSSR count). The van der Waals surface area contributed by atoms with Crippen LogP contribution in [-0.2, 0) is 10.0 Å². The minimum atomic E-state index is -3.80. The number of aryl methyl sites for hydroxylation is 1. The van der Waals surface area contributed by atoms with Gasteiger partial charge in [0.25, 0.3) is 14.4 Å². The lowest BCUT2D eigenvalue weighted by atomic mass is 10.5. The summed E-state index contributed by atoms with van der Waals surface area (Å²) < 4.78 is 30.0. The average molecular weight is 261 g/mol. The molecule has 2 heterocycles. The first kappa shape index (κ1) is 10.8. The molecule has 0 aliphatic carbocycles. The van der Waals surface area contributed by atoms with Crippen LogP contribution < -0.4 is 10.5 Å². The van der Waals surface area contributed by atoms with Gasteiger partial charge in [-0.25, -0.2) is 4.72 Å². The molecule has 0 unspecified atom stereocenters. The Hall–Kier alpha value is -1.68. The summed E-state index contributed by atoms with van der Waals surface area (Å²) in [6.07, 6.45) is 0. The molecule has 0 radical (unpaired) electrons. The van der Waals surface area contributed by atoms with Gasteiger partial charge in [0.2, 0.25) is 11.0 Å². The second kappa shape index (κ2) is 3.72. The number of nitrogens with zero attached hydrogens (tertiary/aromatic N) is 3. The van der Waals surface area contributed by atoms with E-state index in [2.05, 4.69) is 20.1 Å². The normalized spacial score (nSPS) is 11.6. The smallest absolute Gasteiger partial charge is 0.293 e. The Morgan fingerprint density at radius 2 is 2.25 bits per heavy atom. The minimum Gasteiger partial charge on any atom is -0.374 e. The van der Waals surface area contributed by atoms with Crippen LogP contribution in [0.1, 0.15) is 5.69 Å². The Kier molecular flexibility index (Phi) is 2.52. The first-order valence-electron chi connectivity index (χ1n) is 4.02. The fourth-order valence-electron chi connectivity index (χ4n) is 0.917. The summed E-state index contributed by atoms with van der Waals surface area (Å²) in [5, 5.41) is 10.5. The molecule has 0 atom stereocenters. The van der Waals surface area contributed by atoms with E-state index < -0.39 is 10.0 Å². The van der Waals surface area contributed by atoms with Gasteiger partial charge in [0.15, 0.2) is 0 Å². The first-order chi connectivity index (χ1) is 7.47. The van der Waals surface area contributed by atoms with Crippen molar-refractivity contribution in [3.63, 3.8) is 0 Å². The van der Waals surface area contributed by atoms with E-state index in [-0.39, 0.29) is 15.4 Å². The number of hydrogen-bond donors (Lipinski definition) is 2. The number of nitrogens with one attached hydrogen (secondary N) is 1. The molecule has 86 valence electrons. The number of sulfonamides is 1. The zero-order valence-corrected chi connectivity index (χ0v) is 9.67. The molecule has 0 fully saturated rings. The van der Waals surface area contributed by atoms with E-state index in [1.807, 2.05) is 0 Å². The largest absolute Gasteiger partial charge is 0.374 e. The molecule has 0 aliphatic heterocycles. The summed E-state index contributed by atoms with van der Waals surface area (Å²) in [5.74, 6) is 0.0197. The molecule has 0 amide bonds. The predicted molar refractivity (Wildman–Crippen MR) is 56.4 cm³/mol. The van der Waals surface area contributed by atoms with Crippen molar-refractivity contribution in [3.05, 3.63) is 11.8 Å². The quantitative estimate of drug-likeness (QED) is 0.809. The number of rotatable bonds is 3. The van der Waals surface area contributed by atoms with Crippen LogP contribution in [0, 0.1) is 6.92 Å². The first-order valence-corrected chi connectivity index (χ1v) is 6.32. The summed E-state index contributed by atoms with van der Waals surface area (Å²) in [6, 6.07) is 1.45. The Bertz CT molecular complexity index is 601. The molecule has 0 bridgehead atoms. The van der Waals surface area contributed by atoms with Gasteiger partial charge in [0.1, 0.15) is 0 Å². The van der Waals surface area contributed by atoms with Crippen molar-refractivity contribution < 1.29 is 12.9 Å². The number of anilines is 2. The summed E-state index contributed by atoms with van der Waals surface area (Å²) in [4.78, 5) is 0. The van der Waals surface area contributed by atoms with Crippen LogP contribution in [0.2, 0.25) is 0 Å². The van der Waals surface area contributed by atoms with Crippen LogP contribution in [0.4, 0.5) is 11.0 Å². The van der Waals surface area contributed by atoms with Gasteiger partial charge in [-0.3, -0.25) is 0 Å². The number of aromatic nitrogens is 3. The van der Waals surface area contributed by atoms with Crippen molar-refractivity contribution in [1.29, 1.82) is 0 Å². The Balaban J connectivity index is 2.27. The molecule has 0 saturated heterocycles. The van der Waals surface area contributed by atoms with Gasteiger partial charge in [-0.1, -0.05) is 16.5 Å². The molecular weight excluding hydrogens is 254 g/mol. The van der Waals surface area contributed by atoms with Crippen molar-refractivity contribution in [2.24, 2.45) is 0 Å². The summed E-state index contributed by atoms with van der Waals surface area (Å²) in [5.41, 5.74) is 5.85. The lowest BCUT2D eigenvalue weighted by Gasteiger charge is -1.98. The van der Waals surface area contributed by atoms with E-state index >= 15 is 0 Å². The summed E-state index contributed by atoms with van der Waals surface area (Å²) in [7, 11) is -3.80. The lowest BCUT2D eigenvalue weighted by molar-refractivity contribution is 0.430. The monoisotopic (exact) mass is 261 g/mol. The minimum absolute atomic E-state index is 0.0197. The third-order valence-corrected chi connectivity index (χ3v) is 3.98. The molecular formula is C6H7N5O3S2. The van der Waals surface area contributed by atoms with E-state index in [0.29, 0.717) is 5.69 Å². The van der Waals surface area contributed by atoms with Crippen molar-refractivity contribution in [2.75, 3.05) is 10.5 Å². The highest BCUT2D eigenvalue weighted by atomic mass is 32.2. The van der Waals surface area contributed by atoms with Crippen molar-refractivity contribution >= 4 is 32.4 Å². The van der Waals surface area contributed by atoms with Gasteiger partial charge in [-0.15, -0.1) is 10.2 Å². The highest BCUT2D eigenvalue weighted by Crippen LogP contribution is 2.20. The van der Waals surface area contributed by atoms with Crippen LogP contribution in [0.3, 0.4) is 0 Å². The van der Waals surface area contributed by atoms with Crippen molar-refractivity contribution in [2.45, 2.75) is 11.3 Å². The van der Waals surface area contributed by atoms with Crippen molar-refractivity contribution in [1.82, 2.24) is 15.4 Å². The molecule has 0 aromatic carbocycles. The molecule has 2 aromatic heterocycles. The topological polar surface area (TPSA) is 124 Å². The Labute approximate surface area is 94.5 Å². The Morgan fingerprint density at radius 3 is 2.75 bits per heavy atom. The number of nitrogens with two attached hydrogens (primary N) is 1. The number of hydrogen-bond acceptors (Lipinski definition) is 8. The zero-order valence-electron chi connectivity index (χ0n) is 8.04. The highest BCUT2D eigenvalue weighted by molar-refractivity contribution is 7.94. The standard InChI is InChI=1S/C6H7N5O3S2/c1-3-2-4(14-10-3)11-16(12,13)6-9-8-5(7)15-6/h2,11H,1H3,(H2,7,8). The maximum absolute atomic E-state index is 11.7. The SMILES string of the molecule is Cc1cc(NS(=O)(=O)c2nnc(N)s2)on1. The van der Waals surface area contributed by atoms with Gasteiger partial charge >= 0.3 is 0 Å². The molecule has 8 nitrogen and oxygen atoms in total. The van der Waals surface area contributed by atoms with Crippen LogP contribution >= 0.6 is 11.3 Å². The molecule has 2 aromatic rings. The number of nitrogen functional groups attached to an aromatic ring is 1. The zero-order chi connectivity index (χ0) is 11.8. The lowest BCUT2D eigenvalue weighted by Crippen LogP contribution is -2.12. The predicted octanol–water partition coefficient (Wildman–Crippen LogP) is 0.218. The van der Waals surface area contributed by atoms with Crippen molar-refractivity contribution in [3.8, 4) is 0 Å². The van der Waals surface area contributed by atoms with Crippen LogP contribution in [-0.4, -0.2) is 23.8 Å². The third kappa shape index (κ3) is 2.12. The highest BCUT2D eigenvalue weighted by Gasteiger charge is 2.21. The Morgan fingerprint density at radius 1 is 1.50 bits per heavy atom. The van der Waals surface area contributed by atoms with Crippen LogP contribution in [0.25, 0.3) is 0 Å². The van der Waals surface area contributed by atoms with E-state index in [4.69, 9.17) is 10.3 Å². The second-order valence-corrected chi connectivity index (χ2v) is 5.71. The van der Waals surface area contributed by atoms with E-state index in [9.17, 15) is 8.42 Å². The van der Waals surface area contributed by atoms with Gasteiger partial charge in [0.05, 0.1) is 5.69 Å². The van der Waals surface area contributed by atoms with Gasteiger partial charge in [-0.05, 0) is 6.92 Å². The van der Waals surface area contributed by atoms with E-state index in [0.717, 1.165) is 11.3 Å². The molecule has 0 saturated carbocycles. The maximum atomic E-state index is 11.7. The summed E-state index contributed by atoms with van der Waals surface area (Å²) >= 11 is 0.764. The van der Waals surface area contributed by atoms with Crippen LogP contribution in [0.15, 0.2) is 14.9 Å². The average Bonchev–Trinajstić information content (AvgIpc) is 2.75. The maximum Gasteiger partial charge on any atom is 0.293 e. The summed E-state index contributed by atoms with van der Waals surface area (Å²) in [6.45, 7) is 1.67. The van der Waals surface area contributed by atoms with Gasteiger partial charge < -0.3 is 10.3 Å². The molecule has 0 spiro atoms. The van der Waals surface area contributed by atoms with E-state index in [1.54, 1.807) is 6.92 Å². The molecule has 10 heteroatoms. The molecule has 3 N–H and O–H groups in total. The molecule has 0 aliphatic rings.